The van der Waals surface area contributed by atoms with Crippen molar-refractivity contribution in [3.63, 3.8) is 0 Å². The van der Waals surface area contributed by atoms with E-state index in [1.807, 2.05) is 0 Å². The van der Waals surface area contributed by atoms with Crippen LogP contribution >= 0.6 is 23.2 Å². The van der Waals surface area contributed by atoms with Crippen LogP contribution in [0.1, 0.15) is 24.8 Å². The van der Waals surface area contributed by atoms with Gasteiger partial charge in [-0.3, -0.25) is 0 Å². The summed E-state index contributed by atoms with van der Waals surface area (Å²) in [6.45, 7) is 0.625. The number of sulfonamides is 1. The molecule has 0 spiro atoms. The van der Waals surface area contributed by atoms with E-state index < -0.39 is 10.0 Å². The van der Waals surface area contributed by atoms with Gasteiger partial charge in [0.05, 0.1) is 17.7 Å². The van der Waals surface area contributed by atoms with Crippen LogP contribution in [0.15, 0.2) is 17.0 Å². The van der Waals surface area contributed by atoms with Gasteiger partial charge in [-0.1, -0.05) is 23.2 Å². The van der Waals surface area contributed by atoms with Crippen molar-refractivity contribution in [1.29, 1.82) is 0 Å². The molecule has 0 saturated carbocycles. The van der Waals surface area contributed by atoms with E-state index in [0.29, 0.717) is 6.42 Å². The van der Waals surface area contributed by atoms with Crippen LogP contribution in [-0.4, -0.2) is 32.8 Å². The first-order valence-corrected chi connectivity index (χ1v) is 8.88. The molecule has 1 aromatic rings. The lowest BCUT2D eigenvalue weighted by atomic mass is 10.2. The van der Waals surface area contributed by atoms with Crippen LogP contribution in [0.4, 0.5) is 0 Å². The summed E-state index contributed by atoms with van der Waals surface area (Å²) in [7, 11) is -3.77. The zero-order chi connectivity index (χ0) is 15.5. The normalized spacial score (nSPS) is 19.1. The highest BCUT2D eigenvalue weighted by Gasteiger charge is 2.22. The predicted octanol–water partition coefficient (Wildman–Crippen LogP) is 2.33. The first-order chi connectivity index (χ1) is 9.94. The summed E-state index contributed by atoms with van der Waals surface area (Å²) in [5.74, 6) is 0. The molecule has 118 valence electrons. The first kappa shape index (κ1) is 17.0. The second-order valence-electron chi connectivity index (χ2n) is 4.86. The summed E-state index contributed by atoms with van der Waals surface area (Å²) >= 11 is 11.9. The molecule has 0 amide bonds. The molecular weight excluding hydrogens is 337 g/mol. The summed E-state index contributed by atoms with van der Waals surface area (Å²) in [4.78, 5) is -0.118. The van der Waals surface area contributed by atoms with Gasteiger partial charge in [0.25, 0.3) is 0 Å². The van der Waals surface area contributed by atoms with Gasteiger partial charge < -0.3 is 9.84 Å². The van der Waals surface area contributed by atoms with Gasteiger partial charge >= 0.3 is 0 Å². The van der Waals surface area contributed by atoms with Crippen LogP contribution in [0.5, 0.6) is 0 Å². The smallest absolute Gasteiger partial charge is 0.242 e. The molecule has 8 heteroatoms. The lowest BCUT2D eigenvalue weighted by Crippen LogP contribution is -2.27. The van der Waals surface area contributed by atoms with Crippen LogP contribution in [0.3, 0.4) is 0 Å². The standard InChI is InChI=1S/C13H17Cl2NO4S/c14-10-6-9(8-17)13(15)12(7-10)21(18,19)16-4-3-11-2-1-5-20-11/h6-7,11,16-17H,1-5,8H2. The summed E-state index contributed by atoms with van der Waals surface area (Å²) in [5.41, 5.74) is 0.281. The third-order valence-corrected chi connectivity index (χ3v) is 5.58. The zero-order valence-electron chi connectivity index (χ0n) is 11.3. The minimum Gasteiger partial charge on any atom is -0.392 e. The molecule has 1 saturated heterocycles. The van der Waals surface area contributed by atoms with Crippen molar-refractivity contribution in [3.8, 4) is 0 Å². The minimum atomic E-state index is -3.77. The molecule has 1 aliphatic rings. The fraction of sp³-hybridized carbons (Fsp3) is 0.538. The Kier molecular flexibility index (Phi) is 5.88. The molecule has 1 aliphatic heterocycles. The van der Waals surface area contributed by atoms with Crippen molar-refractivity contribution in [2.75, 3.05) is 13.2 Å². The van der Waals surface area contributed by atoms with E-state index in [0.717, 1.165) is 19.4 Å². The third kappa shape index (κ3) is 4.31. The maximum atomic E-state index is 12.3. The van der Waals surface area contributed by atoms with Crippen LogP contribution in [-0.2, 0) is 21.4 Å². The van der Waals surface area contributed by atoms with Gasteiger partial charge in [-0.2, -0.15) is 0 Å². The summed E-state index contributed by atoms with van der Waals surface area (Å²) in [6.07, 6.45) is 2.69. The van der Waals surface area contributed by atoms with Gasteiger partial charge in [-0.15, -0.1) is 0 Å². The zero-order valence-corrected chi connectivity index (χ0v) is 13.6. The second-order valence-corrected chi connectivity index (χ2v) is 7.41. The second kappa shape index (κ2) is 7.26. The topological polar surface area (TPSA) is 75.6 Å². The Morgan fingerprint density at radius 2 is 2.14 bits per heavy atom. The van der Waals surface area contributed by atoms with Crippen LogP contribution in [0.25, 0.3) is 0 Å². The van der Waals surface area contributed by atoms with Gasteiger partial charge in [-0.05, 0) is 37.0 Å². The number of benzene rings is 1. The molecule has 1 fully saturated rings. The lowest BCUT2D eigenvalue weighted by molar-refractivity contribution is 0.105. The Balaban J connectivity index is 2.09. The Labute approximate surface area is 134 Å². The van der Waals surface area contributed by atoms with Gasteiger partial charge in [0.1, 0.15) is 4.90 Å². The van der Waals surface area contributed by atoms with E-state index in [4.69, 9.17) is 27.9 Å². The van der Waals surface area contributed by atoms with Crippen LogP contribution < -0.4 is 4.72 Å². The lowest BCUT2D eigenvalue weighted by Gasteiger charge is -2.13. The Morgan fingerprint density at radius 1 is 1.38 bits per heavy atom. The molecule has 1 heterocycles. The summed E-state index contributed by atoms with van der Waals surface area (Å²) in [5, 5.41) is 9.38. The minimum absolute atomic E-state index is 0.00786. The number of ether oxygens (including phenoxy) is 1. The predicted molar refractivity (Wildman–Crippen MR) is 81.2 cm³/mol. The number of halogens is 2. The Morgan fingerprint density at radius 3 is 2.76 bits per heavy atom. The highest BCUT2D eigenvalue weighted by Crippen LogP contribution is 2.29. The number of aliphatic hydroxyl groups excluding tert-OH is 1. The number of hydrogen-bond acceptors (Lipinski definition) is 4. The molecule has 0 bridgehead atoms. The quantitative estimate of drug-likeness (QED) is 0.822. The maximum Gasteiger partial charge on any atom is 0.242 e. The van der Waals surface area contributed by atoms with Crippen LogP contribution in [0.2, 0.25) is 10.0 Å². The van der Waals surface area contributed by atoms with Crippen molar-refractivity contribution in [1.82, 2.24) is 4.72 Å². The van der Waals surface area contributed by atoms with Gasteiger partial charge in [-0.25, -0.2) is 13.1 Å². The Hall–Kier alpha value is -0.370. The molecule has 1 aromatic carbocycles. The van der Waals surface area contributed by atoms with E-state index in [-0.39, 0.29) is 39.8 Å². The molecule has 2 N–H and O–H groups in total. The SMILES string of the molecule is O=S(=O)(NCCC1CCCO1)c1cc(Cl)cc(CO)c1Cl. The van der Waals surface area contributed by atoms with Crippen molar-refractivity contribution >= 4 is 33.2 Å². The molecule has 0 radical (unpaired) electrons. The van der Waals surface area contributed by atoms with Crippen molar-refractivity contribution in [3.05, 3.63) is 27.7 Å². The first-order valence-electron chi connectivity index (χ1n) is 6.64. The summed E-state index contributed by atoms with van der Waals surface area (Å²) in [6, 6.07) is 2.72. The van der Waals surface area contributed by atoms with Crippen molar-refractivity contribution in [2.45, 2.75) is 36.9 Å². The highest BCUT2D eigenvalue weighted by molar-refractivity contribution is 7.89. The maximum absolute atomic E-state index is 12.3. The van der Waals surface area contributed by atoms with Crippen LogP contribution in [0, 0.1) is 0 Å². The molecular formula is C13H17Cl2NO4S. The third-order valence-electron chi connectivity index (χ3n) is 3.32. The number of nitrogens with one attached hydrogen (secondary N) is 1. The van der Waals surface area contributed by atoms with E-state index in [9.17, 15) is 13.5 Å². The van der Waals surface area contributed by atoms with Crippen molar-refractivity contribution < 1.29 is 18.3 Å². The van der Waals surface area contributed by atoms with E-state index in [1.165, 1.54) is 12.1 Å². The molecule has 0 aliphatic carbocycles. The van der Waals surface area contributed by atoms with Gasteiger partial charge in [0, 0.05) is 18.2 Å². The average Bonchev–Trinajstić information content (AvgIpc) is 2.93. The average molecular weight is 354 g/mol. The van der Waals surface area contributed by atoms with E-state index in [2.05, 4.69) is 4.72 Å². The monoisotopic (exact) mass is 353 g/mol. The number of rotatable bonds is 6. The van der Waals surface area contributed by atoms with Crippen molar-refractivity contribution in [2.24, 2.45) is 0 Å². The summed E-state index contributed by atoms with van der Waals surface area (Å²) < 4.78 is 32.5. The number of aliphatic hydroxyl groups is 1. The molecule has 5 nitrogen and oxygen atoms in total. The molecule has 0 aromatic heterocycles. The molecule has 1 unspecified atom stereocenters. The fourth-order valence-corrected chi connectivity index (χ4v) is 4.20. The fourth-order valence-electron chi connectivity index (χ4n) is 2.23. The van der Waals surface area contributed by atoms with E-state index in [1.54, 1.807) is 0 Å². The molecule has 21 heavy (non-hydrogen) atoms. The molecule has 2 rings (SSSR count). The van der Waals surface area contributed by atoms with E-state index >= 15 is 0 Å². The Bertz CT molecular complexity index is 600. The van der Waals surface area contributed by atoms with Gasteiger partial charge in [0.2, 0.25) is 10.0 Å². The number of hydrogen-bond donors (Lipinski definition) is 2. The largest absolute Gasteiger partial charge is 0.392 e. The van der Waals surface area contributed by atoms with Gasteiger partial charge in [0.15, 0.2) is 0 Å². The highest BCUT2D eigenvalue weighted by atomic mass is 35.5. The molecule has 1 atom stereocenters.